The summed E-state index contributed by atoms with van der Waals surface area (Å²) >= 11 is 0. The van der Waals surface area contributed by atoms with Gasteiger partial charge in [-0.15, -0.1) is 0 Å². The van der Waals surface area contributed by atoms with E-state index in [-0.39, 0.29) is 0 Å². The molecule has 0 bridgehead atoms. The summed E-state index contributed by atoms with van der Waals surface area (Å²) < 4.78 is 0. The Balaban J connectivity index is 1.80. The summed E-state index contributed by atoms with van der Waals surface area (Å²) in [4.78, 5) is 13.3. The van der Waals surface area contributed by atoms with Crippen LogP contribution in [-0.2, 0) is 4.79 Å². The molecule has 2 N–H and O–H groups in total. The average molecular weight is 226 g/mol. The maximum absolute atomic E-state index is 11.0. The fraction of sp³-hybridized carbons (Fsp3) is 0.917. The van der Waals surface area contributed by atoms with Crippen LogP contribution in [0.4, 0.5) is 0 Å². The highest BCUT2D eigenvalue weighted by molar-refractivity contribution is 5.73. The third kappa shape index (κ3) is 3.76. The number of carboxylic acids is 1. The summed E-state index contributed by atoms with van der Waals surface area (Å²) in [6, 6.07) is -0.419. The second-order valence-electron chi connectivity index (χ2n) is 5.28. The predicted molar refractivity (Wildman–Crippen MR) is 62.4 cm³/mol. The smallest absolute Gasteiger partial charge is 0.322 e. The van der Waals surface area contributed by atoms with E-state index in [4.69, 9.17) is 5.11 Å². The van der Waals surface area contributed by atoms with E-state index in [2.05, 4.69) is 10.2 Å². The molecule has 0 aromatic carbocycles. The molecule has 0 heterocycles. The predicted octanol–water partition coefficient (Wildman–Crippen LogP) is 0.781. The van der Waals surface area contributed by atoms with Gasteiger partial charge in [-0.05, 0) is 44.6 Å². The van der Waals surface area contributed by atoms with Crippen molar-refractivity contribution in [2.45, 2.75) is 31.7 Å². The van der Waals surface area contributed by atoms with E-state index in [0.717, 1.165) is 24.9 Å². The largest absolute Gasteiger partial charge is 0.480 e. The van der Waals surface area contributed by atoms with Crippen molar-refractivity contribution in [3.63, 3.8) is 0 Å². The van der Waals surface area contributed by atoms with Crippen LogP contribution in [0.5, 0.6) is 0 Å². The molecular weight excluding hydrogens is 204 g/mol. The Bertz CT molecular complexity index is 235. The highest BCUT2D eigenvalue weighted by Gasteiger charge is 2.31. The number of hydrogen-bond acceptors (Lipinski definition) is 3. The SMILES string of the molecule is CNC(CN(CC1CC1)CC1CC1)C(=O)O. The van der Waals surface area contributed by atoms with Gasteiger partial charge in [-0.3, -0.25) is 4.79 Å². The molecule has 16 heavy (non-hydrogen) atoms. The molecule has 0 saturated heterocycles. The number of nitrogens with zero attached hydrogens (tertiary/aromatic N) is 1. The van der Waals surface area contributed by atoms with Crippen LogP contribution in [0.2, 0.25) is 0 Å². The quantitative estimate of drug-likeness (QED) is 0.642. The summed E-state index contributed by atoms with van der Waals surface area (Å²) in [5.41, 5.74) is 0. The lowest BCUT2D eigenvalue weighted by atomic mass is 10.2. The molecule has 0 aromatic rings. The minimum Gasteiger partial charge on any atom is -0.480 e. The van der Waals surface area contributed by atoms with Crippen LogP contribution in [0.15, 0.2) is 0 Å². The van der Waals surface area contributed by atoms with Crippen molar-refractivity contribution in [1.29, 1.82) is 0 Å². The molecule has 2 rings (SSSR count). The summed E-state index contributed by atoms with van der Waals surface area (Å²) in [6.45, 7) is 2.85. The number of carbonyl (C=O) groups is 1. The number of carboxylic acid groups (broad SMARTS) is 1. The Morgan fingerprint density at radius 3 is 2.12 bits per heavy atom. The number of aliphatic carboxylic acids is 1. The van der Waals surface area contributed by atoms with Gasteiger partial charge in [-0.2, -0.15) is 0 Å². The molecular formula is C12H22N2O2. The van der Waals surface area contributed by atoms with Crippen molar-refractivity contribution in [1.82, 2.24) is 10.2 Å². The maximum atomic E-state index is 11.0. The van der Waals surface area contributed by atoms with Gasteiger partial charge in [0.05, 0.1) is 0 Å². The lowest BCUT2D eigenvalue weighted by molar-refractivity contribution is -0.139. The second-order valence-corrected chi connectivity index (χ2v) is 5.28. The molecule has 0 aliphatic heterocycles. The Morgan fingerprint density at radius 2 is 1.81 bits per heavy atom. The van der Waals surface area contributed by atoms with Gasteiger partial charge < -0.3 is 15.3 Å². The number of rotatable bonds is 8. The Kier molecular flexibility index (Phi) is 3.82. The number of likely N-dealkylation sites (N-methyl/N-ethyl adjacent to an activating group) is 1. The maximum Gasteiger partial charge on any atom is 0.322 e. The zero-order chi connectivity index (χ0) is 11.5. The molecule has 4 heteroatoms. The Morgan fingerprint density at radius 1 is 1.31 bits per heavy atom. The summed E-state index contributed by atoms with van der Waals surface area (Å²) in [5, 5.41) is 11.9. The second kappa shape index (κ2) is 5.15. The first-order valence-electron chi connectivity index (χ1n) is 6.31. The van der Waals surface area contributed by atoms with E-state index < -0.39 is 12.0 Å². The first kappa shape index (κ1) is 11.9. The van der Waals surface area contributed by atoms with Crippen LogP contribution in [0.1, 0.15) is 25.7 Å². The monoisotopic (exact) mass is 226 g/mol. The van der Waals surface area contributed by atoms with E-state index in [1.807, 2.05) is 0 Å². The lowest BCUT2D eigenvalue weighted by Crippen LogP contribution is -2.45. The molecule has 4 nitrogen and oxygen atoms in total. The molecule has 0 spiro atoms. The Labute approximate surface area is 97.0 Å². The number of hydrogen-bond donors (Lipinski definition) is 2. The van der Waals surface area contributed by atoms with Crippen LogP contribution >= 0.6 is 0 Å². The first-order chi connectivity index (χ1) is 7.69. The standard InChI is InChI=1S/C12H22N2O2/c1-13-11(12(15)16)8-14(6-9-2-3-9)7-10-4-5-10/h9-11,13H,2-8H2,1H3,(H,15,16). The van der Waals surface area contributed by atoms with Crippen molar-refractivity contribution in [3.8, 4) is 0 Å². The van der Waals surface area contributed by atoms with Crippen LogP contribution in [-0.4, -0.2) is 48.7 Å². The van der Waals surface area contributed by atoms with E-state index in [1.54, 1.807) is 7.05 Å². The summed E-state index contributed by atoms with van der Waals surface area (Å²) in [6.07, 6.45) is 5.33. The molecule has 0 radical (unpaired) electrons. The van der Waals surface area contributed by atoms with Crippen LogP contribution in [0.25, 0.3) is 0 Å². The van der Waals surface area contributed by atoms with Crippen molar-refractivity contribution < 1.29 is 9.90 Å². The molecule has 0 amide bonds. The van der Waals surface area contributed by atoms with Crippen LogP contribution < -0.4 is 5.32 Å². The molecule has 0 aromatic heterocycles. The van der Waals surface area contributed by atoms with Crippen molar-refractivity contribution >= 4 is 5.97 Å². The van der Waals surface area contributed by atoms with Gasteiger partial charge in [0, 0.05) is 19.6 Å². The summed E-state index contributed by atoms with van der Waals surface area (Å²) in [7, 11) is 1.73. The van der Waals surface area contributed by atoms with E-state index in [0.29, 0.717) is 6.54 Å². The van der Waals surface area contributed by atoms with E-state index >= 15 is 0 Å². The number of nitrogens with one attached hydrogen (secondary N) is 1. The lowest BCUT2D eigenvalue weighted by Gasteiger charge is -2.25. The minimum absolute atomic E-state index is 0.419. The van der Waals surface area contributed by atoms with Crippen molar-refractivity contribution in [3.05, 3.63) is 0 Å². The molecule has 1 atom stereocenters. The average Bonchev–Trinajstić information content (AvgIpc) is 3.08. The van der Waals surface area contributed by atoms with Crippen molar-refractivity contribution in [2.24, 2.45) is 11.8 Å². The van der Waals surface area contributed by atoms with Crippen LogP contribution in [0, 0.1) is 11.8 Å². The normalized spacial score (nSPS) is 22.4. The van der Waals surface area contributed by atoms with Gasteiger partial charge in [-0.1, -0.05) is 0 Å². The zero-order valence-corrected chi connectivity index (χ0v) is 9.98. The highest BCUT2D eigenvalue weighted by Crippen LogP contribution is 2.33. The minimum atomic E-state index is -0.737. The first-order valence-corrected chi connectivity index (χ1v) is 6.31. The molecule has 2 saturated carbocycles. The van der Waals surface area contributed by atoms with Gasteiger partial charge in [0.15, 0.2) is 0 Å². The molecule has 2 aliphatic rings. The van der Waals surface area contributed by atoms with Gasteiger partial charge in [0.1, 0.15) is 6.04 Å². The summed E-state index contributed by atoms with van der Waals surface area (Å²) in [5.74, 6) is 0.939. The molecule has 2 fully saturated rings. The van der Waals surface area contributed by atoms with Gasteiger partial charge >= 0.3 is 5.97 Å². The highest BCUT2D eigenvalue weighted by atomic mass is 16.4. The van der Waals surface area contributed by atoms with Gasteiger partial charge in [0.2, 0.25) is 0 Å². The van der Waals surface area contributed by atoms with Crippen molar-refractivity contribution in [2.75, 3.05) is 26.7 Å². The fourth-order valence-corrected chi connectivity index (χ4v) is 2.11. The Hall–Kier alpha value is -0.610. The zero-order valence-electron chi connectivity index (χ0n) is 9.98. The molecule has 1 unspecified atom stereocenters. The van der Waals surface area contributed by atoms with Gasteiger partial charge in [0.25, 0.3) is 0 Å². The molecule has 92 valence electrons. The van der Waals surface area contributed by atoms with Crippen LogP contribution in [0.3, 0.4) is 0 Å². The third-order valence-electron chi connectivity index (χ3n) is 3.51. The van der Waals surface area contributed by atoms with Gasteiger partial charge in [-0.25, -0.2) is 0 Å². The topological polar surface area (TPSA) is 52.6 Å². The van der Waals surface area contributed by atoms with E-state index in [1.165, 1.54) is 25.7 Å². The molecule has 2 aliphatic carbocycles. The fourth-order valence-electron chi connectivity index (χ4n) is 2.11. The third-order valence-corrected chi connectivity index (χ3v) is 3.51. The van der Waals surface area contributed by atoms with E-state index in [9.17, 15) is 4.79 Å².